The minimum absolute atomic E-state index is 0.445. The molecular formula is C15H10NSe+. The van der Waals surface area contributed by atoms with Gasteiger partial charge in [-0.05, 0) is 0 Å². The molecule has 4 rings (SSSR count). The van der Waals surface area contributed by atoms with Crippen LogP contribution in [0.5, 0.6) is 0 Å². The molecule has 0 aliphatic carbocycles. The first-order valence-electron chi connectivity index (χ1n) is 5.64. The van der Waals surface area contributed by atoms with Crippen LogP contribution in [0.4, 0.5) is 0 Å². The molecule has 0 saturated carbocycles. The zero-order valence-electron chi connectivity index (χ0n) is 9.13. The number of pyridine rings is 1. The van der Waals surface area contributed by atoms with E-state index >= 15 is 0 Å². The van der Waals surface area contributed by atoms with Crippen LogP contribution in [0.3, 0.4) is 0 Å². The third kappa shape index (κ3) is 1.28. The van der Waals surface area contributed by atoms with E-state index in [4.69, 9.17) is 0 Å². The molecule has 0 atom stereocenters. The Morgan fingerprint density at radius 2 is 1.47 bits per heavy atom. The maximum absolute atomic E-state index is 2.41. The number of benzene rings is 2. The first-order chi connectivity index (χ1) is 8.43. The van der Waals surface area contributed by atoms with E-state index in [-0.39, 0.29) is 0 Å². The van der Waals surface area contributed by atoms with Crippen molar-refractivity contribution < 1.29 is 4.40 Å². The van der Waals surface area contributed by atoms with Crippen molar-refractivity contribution in [3.05, 3.63) is 60.7 Å². The molecule has 80 valence electrons. The Morgan fingerprint density at radius 1 is 0.706 bits per heavy atom. The van der Waals surface area contributed by atoms with Crippen LogP contribution in [0.1, 0.15) is 0 Å². The van der Waals surface area contributed by atoms with Crippen LogP contribution >= 0.6 is 0 Å². The van der Waals surface area contributed by atoms with Crippen LogP contribution in [0.15, 0.2) is 60.7 Å². The number of hydrogen-bond donors (Lipinski definition) is 0. The van der Waals surface area contributed by atoms with Gasteiger partial charge in [-0.3, -0.25) is 0 Å². The van der Waals surface area contributed by atoms with Gasteiger partial charge >= 0.3 is 105 Å². The molecule has 0 aliphatic heterocycles. The molecule has 0 amide bonds. The second-order valence-electron chi connectivity index (χ2n) is 4.14. The number of aromatic nitrogens is 1. The molecule has 0 fully saturated rings. The van der Waals surface area contributed by atoms with Gasteiger partial charge in [0.25, 0.3) is 0 Å². The van der Waals surface area contributed by atoms with Gasteiger partial charge in [0, 0.05) is 0 Å². The zero-order valence-corrected chi connectivity index (χ0v) is 10.8. The van der Waals surface area contributed by atoms with Crippen LogP contribution in [-0.4, -0.2) is 14.5 Å². The number of hydrogen-bond acceptors (Lipinski definition) is 0. The van der Waals surface area contributed by atoms with Crippen molar-refractivity contribution in [2.24, 2.45) is 0 Å². The van der Waals surface area contributed by atoms with Gasteiger partial charge in [0.2, 0.25) is 0 Å². The Bertz CT molecular complexity index is 839. The number of fused-ring (bicyclic) bond motifs is 5. The molecule has 4 aromatic rings. The summed E-state index contributed by atoms with van der Waals surface area (Å²) in [6.07, 6.45) is 0. The van der Waals surface area contributed by atoms with Crippen molar-refractivity contribution in [1.82, 2.24) is 0 Å². The van der Waals surface area contributed by atoms with E-state index in [2.05, 4.69) is 65.1 Å². The molecular weight excluding hydrogens is 273 g/mol. The van der Waals surface area contributed by atoms with Crippen molar-refractivity contribution in [2.75, 3.05) is 0 Å². The fourth-order valence-corrected chi connectivity index (χ4v) is 4.58. The van der Waals surface area contributed by atoms with E-state index in [1.54, 1.807) is 0 Å². The summed E-state index contributed by atoms with van der Waals surface area (Å²) in [5, 5.41) is 1.31. The van der Waals surface area contributed by atoms with Gasteiger partial charge in [-0.25, -0.2) is 0 Å². The summed E-state index contributed by atoms with van der Waals surface area (Å²) in [4.78, 5) is 0. The predicted octanol–water partition coefficient (Wildman–Crippen LogP) is 2.79. The quantitative estimate of drug-likeness (QED) is 0.345. The monoisotopic (exact) mass is 284 g/mol. The summed E-state index contributed by atoms with van der Waals surface area (Å²) >= 11 is 0.445. The van der Waals surface area contributed by atoms with Crippen LogP contribution in [0.2, 0.25) is 0 Å². The molecule has 17 heavy (non-hydrogen) atoms. The Hall–Kier alpha value is -1.63. The van der Waals surface area contributed by atoms with Crippen molar-refractivity contribution in [1.29, 1.82) is 0 Å². The van der Waals surface area contributed by atoms with E-state index in [0.717, 1.165) is 0 Å². The molecule has 1 nitrogen and oxygen atoms in total. The van der Waals surface area contributed by atoms with Gasteiger partial charge in [-0.2, -0.15) is 0 Å². The first kappa shape index (κ1) is 9.40. The average Bonchev–Trinajstić information content (AvgIpc) is 2.77. The normalized spacial score (nSPS) is 11.5. The topological polar surface area (TPSA) is 4.10 Å². The maximum atomic E-state index is 2.41. The van der Waals surface area contributed by atoms with E-state index in [0.29, 0.717) is 14.5 Å². The SMILES string of the molecule is c1ccc2c(c1)ccc1[se]c3ccccc3[n+]12. The number of rotatable bonds is 0. The van der Waals surface area contributed by atoms with E-state index in [1.807, 2.05) is 0 Å². The fraction of sp³-hybridized carbons (Fsp3) is 0. The third-order valence-corrected chi connectivity index (χ3v) is 5.42. The first-order valence-corrected chi connectivity index (χ1v) is 7.36. The Morgan fingerprint density at radius 3 is 2.41 bits per heavy atom. The Kier molecular flexibility index (Phi) is 1.90. The number of nitrogens with zero attached hydrogens (tertiary/aromatic N) is 1. The molecule has 2 aromatic heterocycles. The molecule has 2 heteroatoms. The number of para-hydroxylation sites is 2. The van der Waals surface area contributed by atoms with Crippen LogP contribution in [0.25, 0.3) is 25.1 Å². The molecule has 0 bridgehead atoms. The summed E-state index contributed by atoms with van der Waals surface area (Å²) in [7, 11) is 0. The van der Waals surface area contributed by atoms with Crippen LogP contribution in [-0.2, 0) is 0 Å². The average molecular weight is 283 g/mol. The molecule has 0 N–H and O–H groups in total. The predicted molar refractivity (Wildman–Crippen MR) is 71.6 cm³/mol. The molecule has 2 aromatic carbocycles. The molecule has 0 aliphatic rings. The van der Waals surface area contributed by atoms with Gasteiger partial charge < -0.3 is 0 Å². The summed E-state index contributed by atoms with van der Waals surface area (Å²) in [6.45, 7) is 0. The fourth-order valence-electron chi connectivity index (χ4n) is 2.36. The molecule has 0 radical (unpaired) electrons. The third-order valence-electron chi connectivity index (χ3n) is 3.12. The van der Waals surface area contributed by atoms with Crippen molar-refractivity contribution in [2.45, 2.75) is 0 Å². The second kappa shape index (κ2) is 3.43. The van der Waals surface area contributed by atoms with Crippen molar-refractivity contribution >= 4 is 39.6 Å². The summed E-state index contributed by atoms with van der Waals surface area (Å²) in [5.41, 5.74) is 2.68. The molecule has 2 heterocycles. The van der Waals surface area contributed by atoms with Crippen molar-refractivity contribution in [3.63, 3.8) is 0 Å². The van der Waals surface area contributed by atoms with Gasteiger partial charge in [0.15, 0.2) is 0 Å². The van der Waals surface area contributed by atoms with E-state index in [1.165, 1.54) is 25.1 Å². The van der Waals surface area contributed by atoms with Crippen molar-refractivity contribution in [3.8, 4) is 0 Å². The summed E-state index contributed by atoms with van der Waals surface area (Å²) < 4.78 is 5.33. The van der Waals surface area contributed by atoms with Crippen LogP contribution in [0, 0.1) is 0 Å². The van der Waals surface area contributed by atoms with Gasteiger partial charge in [-0.1, -0.05) is 0 Å². The second-order valence-corrected chi connectivity index (χ2v) is 6.36. The standard InChI is InChI=1S/C15H10NSe/c1-2-6-12-11(5-1)9-10-15-16(12)13-7-3-4-8-14(13)17-15/h1-10H/q+1. The van der Waals surface area contributed by atoms with Crippen LogP contribution < -0.4 is 4.40 Å². The Balaban J connectivity index is 2.38. The van der Waals surface area contributed by atoms with E-state index in [9.17, 15) is 0 Å². The molecule has 0 unspecified atom stereocenters. The molecule has 0 spiro atoms. The summed E-state index contributed by atoms with van der Waals surface area (Å²) in [5.74, 6) is 0. The van der Waals surface area contributed by atoms with Gasteiger partial charge in [0.1, 0.15) is 0 Å². The summed E-state index contributed by atoms with van der Waals surface area (Å²) in [6, 6.07) is 21.8. The minimum atomic E-state index is 0.445. The van der Waals surface area contributed by atoms with Gasteiger partial charge in [0.05, 0.1) is 0 Å². The Labute approximate surface area is 105 Å². The van der Waals surface area contributed by atoms with Gasteiger partial charge in [-0.15, -0.1) is 0 Å². The zero-order chi connectivity index (χ0) is 11.2. The molecule has 0 saturated heterocycles. The van der Waals surface area contributed by atoms with E-state index < -0.39 is 0 Å².